The van der Waals surface area contributed by atoms with Crippen LogP contribution in [0.15, 0.2) is 91.0 Å². The Balaban J connectivity index is 0.00000363. The van der Waals surface area contributed by atoms with Crippen LogP contribution in [0.2, 0.25) is 0 Å². The quantitative estimate of drug-likeness (QED) is 0.198. The summed E-state index contributed by atoms with van der Waals surface area (Å²) in [5.41, 5.74) is 0. The van der Waals surface area contributed by atoms with Crippen molar-refractivity contribution >= 4 is 23.2 Å². The van der Waals surface area contributed by atoms with Gasteiger partial charge in [0.25, 0.3) is 0 Å². The Labute approximate surface area is 205 Å². The molecule has 0 aliphatic carbocycles. The molecular weight excluding hydrogens is 479 g/mol. The maximum Gasteiger partial charge on any atom is 0.156 e. The highest BCUT2D eigenvalue weighted by Crippen LogP contribution is 2.55. The predicted octanol–water partition coefficient (Wildman–Crippen LogP) is 2.94. The number of benzene rings is 3. The minimum Gasteiger partial charge on any atom is -1.00 e. The summed E-state index contributed by atoms with van der Waals surface area (Å²) in [7, 11) is 1.76. The molecule has 0 fully saturated rings. The second kappa shape index (κ2) is 14.6. The Kier molecular flexibility index (Phi) is 12.2. The third-order valence-electron chi connectivity index (χ3n) is 6.05. The zero-order valence-electron chi connectivity index (χ0n) is 19.3. The average molecular weight is 515 g/mol. The number of hydrogen-bond donors (Lipinski definition) is 0. The molecule has 0 radical (unpaired) electrons. The van der Waals surface area contributed by atoms with Gasteiger partial charge in [0.05, 0.1) is 6.16 Å². The lowest BCUT2D eigenvalue weighted by molar-refractivity contribution is -0.107. The van der Waals surface area contributed by atoms with Crippen LogP contribution in [0, 0.1) is 0 Å². The topological polar surface area (TPSA) is 18.5 Å². The Morgan fingerprint density at radius 2 is 0.938 bits per heavy atom. The van der Waals surface area contributed by atoms with E-state index in [1.54, 1.807) is 14.2 Å². The van der Waals surface area contributed by atoms with Gasteiger partial charge < -0.3 is 26.5 Å². The third kappa shape index (κ3) is 6.99. The van der Waals surface area contributed by atoms with Gasteiger partial charge in [-0.3, -0.25) is 0 Å². The molecule has 0 aromatic heterocycles. The minimum atomic E-state index is -1.67. The Morgan fingerprint density at radius 1 is 0.562 bits per heavy atom. The molecule has 0 atom stereocenters. The maximum atomic E-state index is 5.30. The van der Waals surface area contributed by atoms with Crippen LogP contribution in [0.1, 0.15) is 38.5 Å². The molecule has 0 spiro atoms. The van der Waals surface area contributed by atoms with E-state index in [1.165, 1.54) is 47.8 Å². The molecule has 0 bridgehead atoms. The average Bonchev–Trinajstić information content (AvgIpc) is 2.85. The molecule has 0 heterocycles. The van der Waals surface area contributed by atoms with E-state index < -0.39 is 7.26 Å². The first-order chi connectivity index (χ1) is 15.3. The summed E-state index contributed by atoms with van der Waals surface area (Å²) in [5.74, 6) is 0. The van der Waals surface area contributed by atoms with Gasteiger partial charge in [-0.1, -0.05) is 67.4 Å². The molecule has 0 aliphatic heterocycles. The fraction of sp³-hybridized carbons (Fsp3) is 0.357. The van der Waals surface area contributed by atoms with Crippen LogP contribution in [-0.4, -0.2) is 26.7 Å². The summed E-state index contributed by atoms with van der Waals surface area (Å²) in [6.07, 6.45) is 8.28. The lowest BCUT2D eigenvalue weighted by atomic mass is 10.1. The molecule has 0 amide bonds. The minimum absolute atomic E-state index is 0. The van der Waals surface area contributed by atoms with Crippen molar-refractivity contribution < 1.29 is 26.5 Å². The molecule has 3 aromatic carbocycles. The third-order valence-corrected chi connectivity index (χ3v) is 10.6. The van der Waals surface area contributed by atoms with E-state index in [9.17, 15) is 0 Å². The molecule has 0 N–H and O–H groups in total. The smallest absolute Gasteiger partial charge is 0.156 e. The Bertz CT molecular complexity index is 758. The van der Waals surface area contributed by atoms with Crippen molar-refractivity contribution in [3.8, 4) is 0 Å². The molecule has 0 saturated heterocycles. The summed E-state index contributed by atoms with van der Waals surface area (Å²) in [6.45, 7) is 0. The number of halogens is 1. The molecule has 0 aliphatic rings. The molecular formula is C28H36BrO2P. The largest absolute Gasteiger partial charge is 1.00 e. The number of methoxy groups -OCH3 is 2. The number of unbranched alkanes of at least 4 members (excludes halogenated alkanes) is 4. The SMILES string of the molecule is COC(CCCCCCC[P+](c1ccccc1)(c1ccccc1)c1ccccc1)OC.[Br-]. The lowest BCUT2D eigenvalue weighted by Crippen LogP contribution is -3.00. The van der Waals surface area contributed by atoms with Crippen LogP contribution in [0.5, 0.6) is 0 Å². The fourth-order valence-corrected chi connectivity index (χ4v) is 8.81. The second-order valence-corrected chi connectivity index (χ2v) is 11.6. The summed E-state index contributed by atoms with van der Waals surface area (Å²) in [5, 5.41) is 4.45. The van der Waals surface area contributed by atoms with Crippen LogP contribution in [0.25, 0.3) is 0 Å². The zero-order chi connectivity index (χ0) is 21.8. The normalized spacial score (nSPS) is 11.3. The molecule has 172 valence electrons. The van der Waals surface area contributed by atoms with E-state index in [2.05, 4.69) is 91.0 Å². The van der Waals surface area contributed by atoms with E-state index in [0.717, 1.165) is 12.8 Å². The van der Waals surface area contributed by atoms with Crippen molar-refractivity contribution in [1.82, 2.24) is 0 Å². The summed E-state index contributed by atoms with van der Waals surface area (Å²) >= 11 is 0. The highest BCUT2D eigenvalue weighted by molar-refractivity contribution is 7.95. The van der Waals surface area contributed by atoms with Gasteiger partial charge in [-0.05, 0) is 62.1 Å². The van der Waals surface area contributed by atoms with E-state index in [0.29, 0.717) is 0 Å². The Morgan fingerprint density at radius 3 is 1.34 bits per heavy atom. The van der Waals surface area contributed by atoms with E-state index in [4.69, 9.17) is 9.47 Å². The number of ether oxygens (including phenoxy) is 2. The van der Waals surface area contributed by atoms with Crippen LogP contribution < -0.4 is 32.9 Å². The van der Waals surface area contributed by atoms with Crippen molar-refractivity contribution in [2.75, 3.05) is 20.4 Å². The molecule has 4 heteroatoms. The van der Waals surface area contributed by atoms with E-state index >= 15 is 0 Å². The van der Waals surface area contributed by atoms with Crippen molar-refractivity contribution in [3.63, 3.8) is 0 Å². The number of hydrogen-bond acceptors (Lipinski definition) is 2. The van der Waals surface area contributed by atoms with Gasteiger partial charge in [0, 0.05) is 14.2 Å². The summed E-state index contributed by atoms with van der Waals surface area (Å²) in [6, 6.07) is 33.6. The van der Waals surface area contributed by atoms with Gasteiger partial charge in [0.2, 0.25) is 0 Å². The van der Waals surface area contributed by atoms with Crippen molar-refractivity contribution in [2.24, 2.45) is 0 Å². The first-order valence-corrected chi connectivity index (χ1v) is 13.4. The van der Waals surface area contributed by atoms with Gasteiger partial charge in [-0.25, -0.2) is 0 Å². The molecule has 3 rings (SSSR count). The summed E-state index contributed by atoms with van der Waals surface area (Å²) in [4.78, 5) is 0. The molecule has 0 unspecified atom stereocenters. The van der Waals surface area contributed by atoms with Crippen molar-refractivity contribution in [3.05, 3.63) is 91.0 Å². The standard InChI is InChI=1S/C28H36O2P.BrH/c1-29-28(30-2)23-15-4-3-5-16-24-31(25-17-9-6-10-18-25,26-19-11-7-12-20-26)27-21-13-8-14-22-27;/h6-14,17-22,28H,3-5,15-16,23-24H2,1-2H3;1H/q+1;/p-1. The molecule has 32 heavy (non-hydrogen) atoms. The van der Waals surface area contributed by atoms with Crippen molar-refractivity contribution in [2.45, 2.75) is 44.8 Å². The Hall–Kier alpha value is -1.51. The zero-order valence-corrected chi connectivity index (χ0v) is 21.8. The molecule has 3 aromatic rings. The van der Waals surface area contributed by atoms with Gasteiger partial charge in [-0.2, -0.15) is 0 Å². The first-order valence-electron chi connectivity index (χ1n) is 11.4. The van der Waals surface area contributed by atoms with Gasteiger partial charge >= 0.3 is 0 Å². The van der Waals surface area contributed by atoms with Crippen LogP contribution in [0.4, 0.5) is 0 Å². The van der Waals surface area contributed by atoms with E-state index in [-0.39, 0.29) is 23.3 Å². The van der Waals surface area contributed by atoms with Gasteiger partial charge in [0.15, 0.2) is 6.29 Å². The van der Waals surface area contributed by atoms with Gasteiger partial charge in [-0.15, -0.1) is 0 Å². The molecule has 2 nitrogen and oxygen atoms in total. The van der Waals surface area contributed by atoms with E-state index in [1.807, 2.05) is 0 Å². The highest BCUT2D eigenvalue weighted by Gasteiger charge is 2.44. The monoisotopic (exact) mass is 514 g/mol. The number of rotatable bonds is 13. The first kappa shape index (κ1) is 26.7. The highest BCUT2D eigenvalue weighted by atomic mass is 79.9. The summed E-state index contributed by atoms with van der Waals surface area (Å²) < 4.78 is 10.6. The lowest BCUT2D eigenvalue weighted by Gasteiger charge is -2.27. The maximum absolute atomic E-state index is 5.30. The van der Waals surface area contributed by atoms with Gasteiger partial charge in [0.1, 0.15) is 23.2 Å². The second-order valence-electron chi connectivity index (χ2n) is 8.00. The van der Waals surface area contributed by atoms with Crippen LogP contribution in [0.3, 0.4) is 0 Å². The van der Waals surface area contributed by atoms with Crippen molar-refractivity contribution in [1.29, 1.82) is 0 Å². The van der Waals surface area contributed by atoms with Crippen LogP contribution in [-0.2, 0) is 9.47 Å². The molecule has 0 saturated carbocycles. The fourth-order valence-electron chi connectivity index (χ4n) is 4.40. The predicted molar refractivity (Wildman–Crippen MR) is 136 cm³/mol. The van der Waals surface area contributed by atoms with Crippen LogP contribution >= 0.6 is 7.26 Å².